The number of carbonyl (C=O) groups excluding carboxylic acids is 1. The Balaban J connectivity index is 1.50. The van der Waals surface area contributed by atoms with Crippen LogP contribution in [0, 0.1) is 0 Å². The monoisotopic (exact) mass is 485 g/mol. The van der Waals surface area contributed by atoms with Crippen molar-refractivity contribution >= 4 is 34.2 Å². The number of benzene rings is 2. The lowest BCUT2D eigenvalue weighted by Gasteiger charge is -2.20. The summed E-state index contributed by atoms with van der Waals surface area (Å²) in [7, 11) is 0. The van der Waals surface area contributed by atoms with Gasteiger partial charge in [-0.25, -0.2) is 15.0 Å². The summed E-state index contributed by atoms with van der Waals surface area (Å²) in [4.78, 5) is 25.9. The van der Waals surface area contributed by atoms with Gasteiger partial charge in [-0.05, 0) is 42.8 Å². The van der Waals surface area contributed by atoms with Crippen molar-refractivity contribution < 1.29 is 23.4 Å². The number of amides is 1. The molecule has 0 saturated heterocycles. The van der Waals surface area contributed by atoms with Gasteiger partial charge in [0.25, 0.3) is 5.91 Å². The number of imidazole rings is 1. The zero-order chi connectivity index (χ0) is 23.9. The molecule has 1 aliphatic heterocycles. The van der Waals surface area contributed by atoms with E-state index in [0.29, 0.717) is 36.2 Å². The van der Waals surface area contributed by atoms with E-state index in [1.807, 2.05) is 0 Å². The molecule has 174 valence electrons. The molecule has 34 heavy (non-hydrogen) atoms. The van der Waals surface area contributed by atoms with E-state index >= 15 is 0 Å². The highest BCUT2D eigenvalue weighted by molar-refractivity contribution is 6.20. The van der Waals surface area contributed by atoms with Crippen LogP contribution in [0.15, 0.2) is 55.1 Å². The van der Waals surface area contributed by atoms with Crippen LogP contribution in [0.25, 0.3) is 22.2 Å². The summed E-state index contributed by atoms with van der Waals surface area (Å²) in [6.45, 7) is 0.606. The molecule has 4 aromatic rings. The number of aryl methyl sites for hydroxylation is 1. The minimum absolute atomic E-state index is 0.142. The number of carbonyl (C=O) groups is 1. The Morgan fingerprint density at radius 1 is 1.21 bits per heavy atom. The van der Waals surface area contributed by atoms with Crippen LogP contribution in [-0.4, -0.2) is 42.2 Å². The van der Waals surface area contributed by atoms with E-state index in [4.69, 9.17) is 11.6 Å². The first-order valence-corrected chi connectivity index (χ1v) is 10.8. The molecule has 2 aromatic heterocycles. The minimum atomic E-state index is -3.82. The highest BCUT2D eigenvalue weighted by Crippen LogP contribution is 2.33. The van der Waals surface area contributed by atoms with Gasteiger partial charge in [-0.3, -0.25) is 4.79 Å². The minimum Gasteiger partial charge on any atom is -0.420 e. The molecule has 1 aliphatic rings. The van der Waals surface area contributed by atoms with Gasteiger partial charge in [-0.1, -0.05) is 0 Å². The van der Waals surface area contributed by atoms with E-state index in [-0.39, 0.29) is 5.75 Å². The van der Waals surface area contributed by atoms with Gasteiger partial charge in [0.15, 0.2) is 0 Å². The molecule has 3 heterocycles. The number of nitrogens with zero attached hydrogens (tertiary/aromatic N) is 4. The number of alkyl halides is 3. The number of fused-ring (bicyclic) bond motifs is 3. The second kappa shape index (κ2) is 8.62. The third-order valence-corrected chi connectivity index (χ3v) is 5.58. The predicted octanol–water partition coefficient (Wildman–Crippen LogP) is 4.22. The first-order valence-electron chi connectivity index (χ1n) is 10.4. The summed E-state index contributed by atoms with van der Waals surface area (Å²) in [5.41, 5.74) is -0.175. The zero-order valence-electron chi connectivity index (χ0n) is 17.6. The van der Waals surface area contributed by atoms with Crippen molar-refractivity contribution in [2.45, 2.75) is 31.1 Å². The van der Waals surface area contributed by atoms with Crippen LogP contribution in [-0.2, 0) is 13.0 Å². The quantitative estimate of drug-likeness (QED) is 0.410. The Labute approximate surface area is 197 Å². The van der Waals surface area contributed by atoms with E-state index in [9.17, 15) is 18.7 Å². The average molecular weight is 486 g/mol. The van der Waals surface area contributed by atoms with Crippen LogP contribution in [0.1, 0.15) is 22.6 Å². The number of rotatable bonds is 5. The van der Waals surface area contributed by atoms with E-state index in [1.165, 1.54) is 30.6 Å². The van der Waals surface area contributed by atoms with Crippen LogP contribution in [0.4, 0.5) is 14.5 Å². The molecule has 0 unspecified atom stereocenters. The predicted molar refractivity (Wildman–Crippen MR) is 121 cm³/mol. The van der Waals surface area contributed by atoms with Crippen LogP contribution >= 0.6 is 11.6 Å². The Hall–Kier alpha value is -3.63. The van der Waals surface area contributed by atoms with E-state index in [0.717, 1.165) is 22.5 Å². The van der Waals surface area contributed by atoms with Gasteiger partial charge in [0.05, 0.1) is 17.1 Å². The molecule has 2 N–H and O–H groups in total. The van der Waals surface area contributed by atoms with Crippen molar-refractivity contribution in [3.05, 3.63) is 66.5 Å². The number of aromatic nitrogens is 4. The number of aliphatic hydroxyl groups is 1. The zero-order valence-corrected chi connectivity index (χ0v) is 18.3. The highest BCUT2D eigenvalue weighted by atomic mass is 35.5. The first kappa shape index (κ1) is 22.2. The van der Waals surface area contributed by atoms with Crippen molar-refractivity contribution in [3.63, 3.8) is 0 Å². The van der Waals surface area contributed by atoms with Gasteiger partial charge >= 0.3 is 5.57 Å². The maximum Gasteiger partial charge on any atom is 0.487 e. The molecule has 1 atom stereocenters. The first-order chi connectivity index (χ1) is 16.3. The summed E-state index contributed by atoms with van der Waals surface area (Å²) >= 11 is 4.77. The normalized spacial score (nSPS) is 15.7. The van der Waals surface area contributed by atoms with Gasteiger partial charge in [0.2, 0.25) is 0 Å². The Kier molecular flexibility index (Phi) is 5.62. The molecule has 0 radical (unpaired) electrons. The third kappa shape index (κ3) is 4.55. The van der Waals surface area contributed by atoms with E-state index < -0.39 is 17.6 Å². The molecular weight excluding hydrogens is 468 g/mol. The number of hydrogen-bond acceptors (Lipinski definition) is 6. The second-order valence-corrected chi connectivity index (χ2v) is 8.31. The maximum absolute atomic E-state index is 13.1. The standard InChI is InChI=1S/C23H18ClF2N5O3/c24-23(25,26)34-17-3-1-15(2-4-17)29-22(33)13-7-18(14-10-27-12-28-11-14)21-19(8-13)30-20-9-16(32)5-6-31(20)21/h1-4,7-8,10-12,16,32H,5-6,9H2,(H,29,33)/t16-/m1/s1. The SMILES string of the molecule is O=C(Nc1ccc(OC(F)(F)Cl)cc1)c1cc(-c2cncnc2)c2c(c1)nc1n2CC[C@@H](O)C1. The third-order valence-electron chi connectivity index (χ3n) is 5.50. The lowest BCUT2D eigenvalue weighted by Crippen LogP contribution is -2.23. The molecule has 0 saturated carbocycles. The van der Waals surface area contributed by atoms with Crippen LogP contribution in [0.3, 0.4) is 0 Å². The molecular formula is C23H18ClF2N5O3. The summed E-state index contributed by atoms with van der Waals surface area (Å²) in [5.74, 6) is 0.190. The number of anilines is 1. The van der Waals surface area contributed by atoms with Crippen LogP contribution in [0.5, 0.6) is 5.75 Å². The van der Waals surface area contributed by atoms with Crippen molar-refractivity contribution in [2.75, 3.05) is 5.32 Å². The van der Waals surface area contributed by atoms with Gasteiger partial charge < -0.3 is 19.7 Å². The maximum atomic E-state index is 13.1. The van der Waals surface area contributed by atoms with Gasteiger partial charge in [0, 0.05) is 59.3 Å². The Bertz CT molecular complexity index is 1360. The summed E-state index contributed by atoms with van der Waals surface area (Å²) in [6.07, 6.45) is 5.32. The molecule has 0 spiro atoms. The lowest BCUT2D eigenvalue weighted by atomic mass is 10.0. The molecule has 0 aliphatic carbocycles. The van der Waals surface area contributed by atoms with Crippen LogP contribution in [0.2, 0.25) is 0 Å². The molecule has 5 rings (SSSR count). The molecule has 2 aromatic carbocycles. The Morgan fingerprint density at radius 3 is 2.65 bits per heavy atom. The summed E-state index contributed by atoms with van der Waals surface area (Å²) in [5, 5.41) is 12.8. The van der Waals surface area contributed by atoms with Gasteiger partial charge in [-0.15, -0.1) is 8.78 Å². The van der Waals surface area contributed by atoms with Crippen molar-refractivity contribution in [1.82, 2.24) is 19.5 Å². The number of hydrogen-bond donors (Lipinski definition) is 2. The second-order valence-electron chi connectivity index (χ2n) is 7.87. The largest absolute Gasteiger partial charge is 0.487 e. The topological polar surface area (TPSA) is 102 Å². The fourth-order valence-corrected chi connectivity index (χ4v) is 4.13. The van der Waals surface area contributed by atoms with Gasteiger partial charge in [-0.2, -0.15) is 0 Å². The molecule has 0 fully saturated rings. The Morgan fingerprint density at radius 2 is 1.94 bits per heavy atom. The lowest BCUT2D eigenvalue weighted by molar-refractivity contribution is -0.0964. The average Bonchev–Trinajstić information content (AvgIpc) is 3.16. The smallest absolute Gasteiger partial charge is 0.420 e. The summed E-state index contributed by atoms with van der Waals surface area (Å²) < 4.78 is 31.9. The molecule has 8 nitrogen and oxygen atoms in total. The van der Waals surface area contributed by atoms with Crippen LogP contribution < -0.4 is 10.1 Å². The molecule has 11 heteroatoms. The van der Waals surface area contributed by atoms with Crippen molar-refractivity contribution in [1.29, 1.82) is 0 Å². The highest BCUT2D eigenvalue weighted by Gasteiger charge is 2.27. The number of halogens is 3. The summed E-state index contributed by atoms with van der Waals surface area (Å²) in [6, 6.07) is 8.82. The fraction of sp³-hybridized carbons (Fsp3) is 0.217. The number of ether oxygens (including phenoxy) is 1. The van der Waals surface area contributed by atoms with Crippen molar-refractivity contribution in [2.24, 2.45) is 0 Å². The molecule has 0 bridgehead atoms. The molecule has 1 amide bonds. The van der Waals surface area contributed by atoms with Gasteiger partial charge in [0.1, 0.15) is 17.9 Å². The number of nitrogens with one attached hydrogen (secondary N) is 1. The van der Waals surface area contributed by atoms with E-state index in [2.05, 4.69) is 29.6 Å². The van der Waals surface area contributed by atoms with E-state index in [1.54, 1.807) is 24.5 Å². The number of aliphatic hydroxyl groups excluding tert-OH is 1. The van der Waals surface area contributed by atoms with Crippen molar-refractivity contribution in [3.8, 4) is 16.9 Å². The fourth-order valence-electron chi connectivity index (χ4n) is 4.04.